The molecule has 2 aromatic carbocycles. The molecule has 1 N–H and O–H groups in total. The maximum Gasteiger partial charge on any atom is 0.214 e. The summed E-state index contributed by atoms with van der Waals surface area (Å²) in [5, 5.41) is 12.6. The van der Waals surface area contributed by atoms with Gasteiger partial charge in [-0.2, -0.15) is 9.57 Å². The van der Waals surface area contributed by atoms with Gasteiger partial charge in [-0.1, -0.05) is 43.7 Å². The molecular weight excluding hydrogens is 358 g/mol. The minimum Gasteiger partial charge on any atom is -0.383 e. The largest absolute Gasteiger partial charge is 0.383 e. The van der Waals surface area contributed by atoms with E-state index in [0.29, 0.717) is 31.5 Å². The Morgan fingerprint density at radius 3 is 2.70 bits per heavy atom. The van der Waals surface area contributed by atoms with Crippen LogP contribution in [-0.4, -0.2) is 31.1 Å². The van der Waals surface area contributed by atoms with Crippen molar-refractivity contribution < 1.29 is 8.42 Å². The molecule has 0 saturated heterocycles. The van der Waals surface area contributed by atoms with Crippen molar-refractivity contribution in [2.24, 2.45) is 0 Å². The lowest BCUT2D eigenvalue weighted by Crippen LogP contribution is -2.44. The molecule has 0 radical (unpaired) electrons. The van der Waals surface area contributed by atoms with Gasteiger partial charge in [0.05, 0.1) is 17.4 Å². The van der Waals surface area contributed by atoms with Crippen LogP contribution in [0.25, 0.3) is 0 Å². The normalized spacial score (nSPS) is 17.4. The first-order chi connectivity index (χ1) is 13.0. The van der Waals surface area contributed by atoms with E-state index >= 15 is 0 Å². The van der Waals surface area contributed by atoms with Crippen LogP contribution in [0.15, 0.2) is 48.5 Å². The fraction of sp³-hybridized carbons (Fsp3) is 0.381. The first-order valence-electron chi connectivity index (χ1n) is 9.34. The molecule has 0 aliphatic carbocycles. The second-order valence-corrected chi connectivity index (χ2v) is 8.96. The number of benzene rings is 2. The standard InChI is InChI=1S/C21H25N3O2S/c1-2-3-11-27(25,26)24-16-19-12-18(14-22)9-10-21(19)23-15-20(24)13-17-7-5-4-6-8-17/h4-10,12,20,23H,2-3,11,13,15-16H2,1H3. The highest BCUT2D eigenvalue weighted by Gasteiger charge is 2.32. The van der Waals surface area contributed by atoms with Crippen LogP contribution in [0.3, 0.4) is 0 Å². The highest BCUT2D eigenvalue weighted by atomic mass is 32.2. The van der Waals surface area contributed by atoms with Crippen LogP contribution in [-0.2, 0) is 23.0 Å². The van der Waals surface area contributed by atoms with E-state index in [4.69, 9.17) is 0 Å². The second kappa shape index (κ2) is 8.55. The molecule has 142 valence electrons. The van der Waals surface area contributed by atoms with E-state index in [2.05, 4.69) is 11.4 Å². The van der Waals surface area contributed by atoms with Gasteiger partial charge in [0, 0.05) is 24.8 Å². The average molecular weight is 384 g/mol. The summed E-state index contributed by atoms with van der Waals surface area (Å²) in [5.74, 6) is 0.155. The summed E-state index contributed by atoms with van der Waals surface area (Å²) < 4.78 is 27.8. The van der Waals surface area contributed by atoms with Gasteiger partial charge in [-0.3, -0.25) is 0 Å². The Kier molecular flexibility index (Phi) is 6.15. The molecule has 0 aromatic heterocycles. The first kappa shape index (κ1) is 19.4. The lowest BCUT2D eigenvalue weighted by atomic mass is 10.1. The highest BCUT2D eigenvalue weighted by Crippen LogP contribution is 2.27. The van der Waals surface area contributed by atoms with Crippen LogP contribution in [0, 0.1) is 11.3 Å². The quantitative estimate of drug-likeness (QED) is 0.828. The van der Waals surface area contributed by atoms with Crippen molar-refractivity contribution in [3.05, 3.63) is 65.2 Å². The lowest BCUT2D eigenvalue weighted by Gasteiger charge is -2.29. The monoisotopic (exact) mass is 383 g/mol. The molecule has 3 rings (SSSR count). The lowest BCUT2D eigenvalue weighted by molar-refractivity contribution is 0.325. The van der Waals surface area contributed by atoms with Gasteiger partial charge in [0.15, 0.2) is 0 Å². The summed E-state index contributed by atoms with van der Waals surface area (Å²) in [4.78, 5) is 0. The van der Waals surface area contributed by atoms with E-state index in [1.807, 2.05) is 43.3 Å². The Bertz CT molecular complexity index is 920. The number of nitrogens with one attached hydrogen (secondary N) is 1. The number of hydrogen-bond acceptors (Lipinski definition) is 4. The third kappa shape index (κ3) is 4.68. The van der Waals surface area contributed by atoms with Gasteiger partial charge in [-0.15, -0.1) is 0 Å². The molecule has 27 heavy (non-hydrogen) atoms. The Hall–Kier alpha value is -2.36. The number of unbranched alkanes of at least 4 members (excludes halogenated alkanes) is 1. The minimum atomic E-state index is -3.39. The summed E-state index contributed by atoms with van der Waals surface area (Å²) in [6.07, 6.45) is 2.14. The molecule has 0 amide bonds. The maximum absolute atomic E-state index is 13.1. The number of sulfonamides is 1. The number of hydrogen-bond donors (Lipinski definition) is 1. The van der Waals surface area contributed by atoms with Crippen LogP contribution < -0.4 is 5.32 Å². The van der Waals surface area contributed by atoms with E-state index in [1.165, 1.54) is 0 Å². The Labute approximate surface area is 161 Å². The van der Waals surface area contributed by atoms with E-state index in [9.17, 15) is 13.7 Å². The predicted molar refractivity (Wildman–Crippen MR) is 108 cm³/mol. The van der Waals surface area contributed by atoms with E-state index in [-0.39, 0.29) is 11.8 Å². The zero-order valence-corrected chi connectivity index (χ0v) is 16.4. The summed E-state index contributed by atoms with van der Waals surface area (Å²) in [7, 11) is -3.39. The molecule has 1 aliphatic heterocycles. The molecule has 1 atom stereocenters. The third-order valence-corrected chi connectivity index (χ3v) is 6.87. The summed E-state index contributed by atoms with van der Waals surface area (Å²) in [5.41, 5.74) is 3.41. The second-order valence-electron chi connectivity index (χ2n) is 6.92. The van der Waals surface area contributed by atoms with Crippen molar-refractivity contribution in [2.45, 2.75) is 38.8 Å². The number of anilines is 1. The fourth-order valence-corrected chi connectivity index (χ4v) is 5.25. The topological polar surface area (TPSA) is 73.2 Å². The van der Waals surface area contributed by atoms with E-state index < -0.39 is 10.0 Å². The summed E-state index contributed by atoms with van der Waals surface area (Å²) in [6, 6.07) is 17.4. The van der Waals surface area contributed by atoms with Gasteiger partial charge in [-0.05, 0) is 42.2 Å². The molecular formula is C21H25N3O2S. The molecule has 0 spiro atoms. The smallest absolute Gasteiger partial charge is 0.214 e. The van der Waals surface area contributed by atoms with E-state index in [1.54, 1.807) is 16.4 Å². The first-order valence-corrected chi connectivity index (χ1v) is 10.9. The fourth-order valence-electron chi connectivity index (χ4n) is 3.42. The molecule has 1 heterocycles. The van der Waals surface area contributed by atoms with Crippen molar-refractivity contribution in [3.63, 3.8) is 0 Å². The van der Waals surface area contributed by atoms with Gasteiger partial charge in [-0.25, -0.2) is 8.42 Å². The van der Waals surface area contributed by atoms with Crippen LogP contribution in [0.4, 0.5) is 5.69 Å². The molecule has 1 unspecified atom stereocenters. The van der Waals surface area contributed by atoms with Crippen LogP contribution in [0.5, 0.6) is 0 Å². The van der Waals surface area contributed by atoms with Crippen molar-refractivity contribution in [2.75, 3.05) is 17.6 Å². The molecule has 1 aliphatic rings. The van der Waals surface area contributed by atoms with Crippen molar-refractivity contribution in [1.29, 1.82) is 5.26 Å². The molecule has 0 fully saturated rings. The summed E-state index contributed by atoms with van der Waals surface area (Å²) >= 11 is 0. The van der Waals surface area contributed by atoms with Crippen LogP contribution in [0.2, 0.25) is 0 Å². The van der Waals surface area contributed by atoms with Gasteiger partial charge in [0.1, 0.15) is 0 Å². The molecule has 2 aromatic rings. The van der Waals surface area contributed by atoms with Crippen molar-refractivity contribution in [3.8, 4) is 6.07 Å². The zero-order valence-electron chi connectivity index (χ0n) is 15.6. The van der Waals surface area contributed by atoms with Crippen LogP contribution in [0.1, 0.15) is 36.5 Å². The molecule has 0 bridgehead atoms. The Morgan fingerprint density at radius 2 is 2.00 bits per heavy atom. The number of rotatable bonds is 6. The van der Waals surface area contributed by atoms with E-state index in [0.717, 1.165) is 23.2 Å². The third-order valence-electron chi connectivity index (χ3n) is 4.92. The number of nitrogens with zero attached hydrogens (tertiary/aromatic N) is 2. The Balaban J connectivity index is 1.95. The van der Waals surface area contributed by atoms with Gasteiger partial charge in [0.25, 0.3) is 0 Å². The van der Waals surface area contributed by atoms with Crippen molar-refractivity contribution >= 4 is 15.7 Å². The number of fused-ring (bicyclic) bond motifs is 1. The van der Waals surface area contributed by atoms with Crippen LogP contribution >= 0.6 is 0 Å². The highest BCUT2D eigenvalue weighted by molar-refractivity contribution is 7.89. The minimum absolute atomic E-state index is 0.155. The van der Waals surface area contributed by atoms with Crippen molar-refractivity contribution in [1.82, 2.24) is 4.31 Å². The van der Waals surface area contributed by atoms with Gasteiger partial charge < -0.3 is 5.32 Å². The zero-order chi connectivity index (χ0) is 19.3. The molecule has 0 saturated carbocycles. The Morgan fingerprint density at radius 1 is 1.22 bits per heavy atom. The van der Waals surface area contributed by atoms with Gasteiger partial charge >= 0.3 is 0 Å². The average Bonchev–Trinajstić information content (AvgIpc) is 2.87. The SMILES string of the molecule is CCCCS(=O)(=O)N1Cc2cc(C#N)ccc2NCC1Cc1ccccc1. The number of nitriles is 1. The maximum atomic E-state index is 13.1. The predicted octanol–water partition coefficient (Wildman–Crippen LogP) is 3.53. The summed E-state index contributed by atoms with van der Waals surface area (Å²) in [6.45, 7) is 2.83. The molecule has 5 nitrogen and oxygen atoms in total. The molecule has 6 heteroatoms. The van der Waals surface area contributed by atoms with Gasteiger partial charge in [0.2, 0.25) is 10.0 Å².